The van der Waals surface area contributed by atoms with Crippen LogP contribution in [0.5, 0.6) is 0 Å². The average Bonchev–Trinajstić information content (AvgIpc) is 2.14. The second-order valence-corrected chi connectivity index (χ2v) is 3.99. The molecule has 92 valence electrons. The Balaban J connectivity index is 3.88. The minimum Gasteiger partial charge on any atom is -0.367 e. The highest BCUT2D eigenvalue weighted by Gasteiger charge is 2.30. The summed E-state index contributed by atoms with van der Waals surface area (Å²) < 4.78 is 5.36. The van der Waals surface area contributed by atoms with E-state index < -0.39 is 12.1 Å². The van der Waals surface area contributed by atoms with Gasteiger partial charge in [-0.3, -0.25) is 0 Å². The first-order chi connectivity index (χ1) is 6.91. The Morgan fingerprint density at radius 2 is 1.73 bits per heavy atom. The van der Waals surface area contributed by atoms with E-state index in [4.69, 9.17) is 20.1 Å². The Morgan fingerprint density at radius 3 is 2.13 bits per heavy atom. The molecule has 3 N–H and O–H groups in total. The van der Waals surface area contributed by atoms with Gasteiger partial charge in [0, 0.05) is 0 Å². The fraction of sp³-hybridized carbons (Fsp3) is 1.00. The highest BCUT2D eigenvalue weighted by Crippen LogP contribution is 2.16. The normalized spacial score (nSPS) is 16.4. The average molecular weight is 220 g/mol. The fourth-order valence-electron chi connectivity index (χ4n) is 1.37. The standard InChI is InChI=1S/C11H24O4/c1-4-6-7-8-10(5-2)15-9(3)11(12,13)14/h9-10,12-14H,4-8H2,1-3H3. The highest BCUT2D eigenvalue weighted by molar-refractivity contribution is 4.64. The summed E-state index contributed by atoms with van der Waals surface area (Å²) in [7, 11) is 0. The molecule has 0 radical (unpaired) electrons. The fourth-order valence-corrected chi connectivity index (χ4v) is 1.37. The third kappa shape index (κ3) is 6.84. The summed E-state index contributed by atoms with van der Waals surface area (Å²) in [6.45, 7) is 5.56. The maximum Gasteiger partial charge on any atom is 0.302 e. The molecule has 4 nitrogen and oxygen atoms in total. The van der Waals surface area contributed by atoms with E-state index in [1.165, 1.54) is 6.92 Å². The van der Waals surface area contributed by atoms with E-state index in [1.54, 1.807) is 0 Å². The van der Waals surface area contributed by atoms with Crippen LogP contribution >= 0.6 is 0 Å². The molecule has 0 aromatic heterocycles. The lowest BCUT2D eigenvalue weighted by Crippen LogP contribution is -2.43. The number of hydrogen-bond acceptors (Lipinski definition) is 4. The number of aliphatic hydroxyl groups is 3. The van der Waals surface area contributed by atoms with Gasteiger partial charge in [0.1, 0.15) is 6.10 Å². The van der Waals surface area contributed by atoms with Crippen molar-refractivity contribution < 1.29 is 20.1 Å². The molecule has 0 aliphatic rings. The molecule has 0 bridgehead atoms. The minimum absolute atomic E-state index is 0.0163. The summed E-state index contributed by atoms with van der Waals surface area (Å²) in [6, 6.07) is 0. The van der Waals surface area contributed by atoms with E-state index in [1.807, 2.05) is 6.92 Å². The topological polar surface area (TPSA) is 69.9 Å². The smallest absolute Gasteiger partial charge is 0.302 e. The third-order valence-electron chi connectivity index (χ3n) is 2.53. The molecule has 0 aliphatic carbocycles. The van der Waals surface area contributed by atoms with Crippen LogP contribution in [0, 0.1) is 0 Å². The first-order valence-electron chi connectivity index (χ1n) is 5.74. The Morgan fingerprint density at radius 1 is 1.13 bits per heavy atom. The lowest BCUT2D eigenvalue weighted by Gasteiger charge is -2.27. The SMILES string of the molecule is CCCCCC(CC)OC(C)C(O)(O)O. The van der Waals surface area contributed by atoms with Crippen LogP contribution in [0.3, 0.4) is 0 Å². The molecule has 4 heteroatoms. The number of unbranched alkanes of at least 4 members (excludes halogenated alkanes) is 2. The van der Waals surface area contributed by atoms with Crippen LogP contribution in [0.25, 0.3) is 0 Å². The minimum atomic E-state index is -2.74. The summed E-state index contributed by atoms with van der Waals surface area (Å²) in [5.41, 5.74) is 0. The Hall–Kier alpha value is -0.160. The Bertz CT molecular complexity index is 153. The largest absolute Gasteiger partial charge is 0.367 e. The molecule has 0 spiro atoms. The van der Waals surface area contributed by atoms with Crippen LogP contribution in [0.15, 0.2) is 0 Å². The van der Waals surface area contributed by atoms with E-state index in [2.05, 4.69) is 6.92 Å². The van der Waals surface area contributed by atoms with Crippen molar-refractivity contribution in [1.82, 2.24) is 0 Å². The lowest BCUT2D eigenvalue weighted by molar-refractivity contribution is -0.362. The molecule has 0 heterocycles. The Labute approximate surface area is 91.9 Å². The van der Waals surface area contributed by atoms with Gasteiger partial charge in [0.15, 0.2) is 0 Å². The molecule has 0 saturated carbocycles. The molecule has 0 amide bonds. The Kier molecular flexibility index (Phi) is 7.09. The van der Waals surface area contributed by atoms with Crippen molar-refractivity contribution in [2.45, 2.75) is 71.1 Å². The van der Waals surface area contributed by atoms with Crippen molar-refractivity contribution in [3.8, 4) is 0 Å². The van der Waals surface area contributed by atoms with Gasteiger partial charge in [0.05, 0.1) is 6.10 Å². The van der Waals surface area contributed by atoms with Gasteiger partial charge in [-0.05, 0) is 19.8 Å². The number of rotatable bonds is 8. The zero-order valence-corrected chi connectivity index (χ0v) is 9.94. The zero-order valence-electron chi connectivity index (χ0n) is 9.94. The van der Waals surface area contributed by atoms with Gasteiger partial charge in [0.25, 0.3) is 0 Å². The van der Waals surface area contributed by atoms with Crippen LogP contribution in [0.2, 0.25) is 0 Å². The molecular formula is C11H24O4. The van der Waals surface area contributed by atoms with Gasteiger partial charge in [0.2, 0.25) is 0 Å². The van der Waals surface area contributed by atoms with E-state index in [0.717, 1.165) is 32.1 Å². The van der Waals surface area contributed by atoms with Crippen molar-refractivity contribution in [3.63, 3.8) is 0 Å². The summed E-state index contributed by atoms with van der Waals surface area (Å²) in [5.74, 6) is -2.74. The quantitative estimate of drug-likeness (QED) is 0.427. The molecule has 2 atom stereocenters. The summed E-state index contributed by atoms with van der Waals surface area (Å²) in [6.07, 6.45) is 4.07. The van der Waals surface area contributed by atoms with Crippen molar-refractivity contribution >= 4 is 0 Å². The molecule has 0 rings (SSSR count). The van der Waals surface area contributed by atoms with Gasteiger partial charge in [-0.1, -0.05) is 33.1 Å². The van der Waals surface area contributed by atoms with Crippen LogP contribution in [-0.2, 0) is 4.74 Å². The first kappa shape index (κ1) is 14.8. The molecule has 2 unspecified atom stereocenters. The zero-order chi connectivity index (χ0) is 11.9. The second kappa shape index (κ2) is 7.17. The van der Waals surface area contributed by atoms with Gasteiger partial charge in [-0.15, -0.1) is 0 Å². The van der Waals surface area contributed by atoms with Gasteiger partial charge in [-0.25, -0.2) is 0 Å². The predicted molar refractivity (Wildman–Crippen MR) is 58.2 cm³/mol. The van der Waals surface area contributed by atoms with Gasteiger partial charge < -0.3 is 20.1 Å². The maximum atomic E-state index is 8.89. The van der Waals surface area contributed by atoms with Crippen LogP contribution in [0.4, 0.5) is 0 Å². The van der Waals surface area contributed by atoms with Crippen molar-refractivity contribution in [3.05, 3.63) is 0 Å². The van der Waals surface area contributed by atoms with Crippen molar-refractivity contribution in [2.24, 2.45) is 0 Å². The predicted octanol–water partition coefficient (Wildman–Crippen LogP) is 1.38. The molecule has 0 aromatic rings. The highest BCUT2D eigenvalue weighted by atomic mass is 16.7. The van der Waals surface area contributed by atoms with E-state index in [9.17, 15) is 0 Å². The van der Waals surface area contributed by atoms with Crippen LogP contribution in [0.1, 0.15) is 52.9 Å². The third-order valence-corrected chi connectivity index (χ3v) is 2.53. The van der Waals surface area contributed by atoms with Crippen LogP contribution < -0.4 is 0 Å². The second-order valence-electron chi connectivity index (χ2n) is 3.99. The summed E-state index contributed by atoms with van der Waals surface area (Å²) in [4.78, 5) is 0. The van der Waals surface area contributed by atoms with Crippen LogP contribution in [-0.4, -0.2) is 33.5 Å². The monoisotopic (exact) mass is 220 g/mol. The van der Waals surface area contributed by atoms with E-state index >= 15 is 0 Å². The molecular weight excluding hydrogens is 196 g/mol. The van der Waals surface area contributed by atoms with Gasteiger partial charge >= 0.3 is 5.97 Å². The summed E-state index contributed by atoms with van der Waals surface area (Å²) in [5, 5.41) is 26.7. The number of ether oxygens (including phenoxy) is 1. The molecule has 0 saturated heterocycles. The molecule has 0 fully saturated rings. The maximum absolute atomic E-state index is 8.89. The molecule has 15 heavy (non-hydrogen) atoms. The molecule has 0 aliphatic heterocycles. The van der Waals surface area contributed by atoms with Gasteiger partial charge in [-0.2, -0.15) is 0 Å². The first-order valence-corrected chi connectivity index (χ1v) is 5.74. The summed E-state index contributed by atoms with van der Waals surface area (Å²) >= 11 is 0. The van der Waals surface area contributed by atoms with E-state index in [-0.39, 0.29) is 6.10 Å². The number of hydrogen-bond donors (Lipinski definition) is 3. The lowest BCUT2D eigenvalue weighted by atomic mass is 10.1. The molecule has 0 aromatic carbocycles. The van der Waals surface area contributed by atoms with Crippen molar-refractivity contribution in [2.75, 3.05) is 0 Å². The van der Waals surface area contributed by atoms with Crippen molar-refractivity contribution in [1.29, 1.82) is 0 Å². The van der Waals surface area contributed by atoms with E-state index in [0.29, 0.717) is 0 Å².